The summed E-state index contributed by atoms with van der Waals surface area (Å²) in [5.41, 5.74) is 2.30. The second kappa shape index (κ2) is 8.93. The fourth-order valence-electron chi connectivity index (χ4n) is 3.86. The number of para-hydroxylation sites is 2. The first-order valence-corrected chi connectivity index (χ1v) is 10.1. The molecule has 4 rings (SSSR count). The molecule has 3 N–H and O–H groups in total. The monoisotopic (exact) mass is 377 g/mol. The quantitative estimate of drug-likeness (QED) is 0.498. The molecule has 1 heterocycles. The van der Waals surface area contributed by atoms with Crippen molar-refractivity contribution in [2.45, 2.75) is 38.1 Å². The van der Waals surface area contributed by atoms with E-state index in [0.717, 1.165) is 23.9 Å². The van der Waals surface area contributed by atoms with Crippen molar-refractivity contribution < 1.29 is 9.53 Å². The summed E-state index contributed by atoms with van der Waals surface area (Å²) in [5, 5.41) is 7.51. The normalized spacial score (nSPS) is 14.4. The molecule has 28 heavy (non-hydrogen) atoms. The second-order valence-electron chi connectivity index (χ2n) is 7.33. The molecule has 1 aliphatic rings. The Balaban J connectivity index is 1.34. The number of nitrogens with one attached hydrogen (secondary N) is 3. The summed E-state index contributed by atoms with van der Waals surface area (Å²) in [6, 6.07) is 15.9. The van der Waals surface area contributed by atoms with E-state index in [1.54, 1.807) is 0 Å². The van der Waals surface area contributed by atoms with Crippen LogP contribution in [0, 0.1) is 0 Å². The SMILES string of the molecule is O=C(Nc1ccccc1OCCCNC1CCCC1)c1cccc2[nH]ccc12. The summed E-state index contributed by atoms with van der Waals surface area (Å²) >= 11 is 0. The fourth-order valence-corrected chi connectivity index (χ4v) is 3.86. The number of fused-ring (bicyclic) bond motifs is 1. The van der Waals surface area contributed by atoms with Crippen molar-refractivity contribution in [3.8, 4) is 5.75 Å². The summed E-state index contributed by atoms with van der Waals surface area (Å²) < 4.78 is 5.95. The molecule has 146 valence electrons. The predicted octanol–water partition coefficient (Wildman–Crippen LogP) is 4.72. The van der Waals surface area contributed by atoms with Gasteiger partial charge in [-0.2, -0.15) is 0 Å². The zero-order chi connectivity index (χ0) is 19.2. The van der Waals surface area contributed by atoms with Gasteiger partial charge in [-0.25, -0.2) is 0 Å². The lowest BCUT2D eigenvalue weighted by molar-refractivity contribution is 0.102. The Hall–Kier alpha value is -2.79. The van der Waals surface area contributed by atoms with Crippen molar-refractivity contribution in [1.29, 1.82) is 0 Å². The molecule has 5 heteroatoms. The molecule has 0 radical (unpaired) electrons. The van der Waals surface area contributed by atoms with Crippen LogP contribution >= 0.6 is 0 Å². The maximum absolute atomic E-state index is 12.8. The topological polar surface area (TPSA) is 66.2 Å². The number of hydrogen-bond donors (Lipinski definition) is 3. The van der Waals surface area contributed by atoms with Crippen molar-refractivity contribution in [2.75, 3.05) is 18.5 Å². The van der Waals surface area contributed by atoms with Crippen molar-refractivity contribution in [2.24, 2.45) is 0 Å². The van der Waals surface area contributed by atoms with Gasteiger partial charge in [0.15, 0.2) is 0 Å². The summed E-state index contributed by atoms with van der Waals surface area (Å²) in [6.45, 7) is 1.59. The van der Waals surface area contributed by atoms with Gasteiger partial charge in [-0.3, -0.25) is 4.79 Å². The van der Waals surface area contributed by atoms with Gasteiger partial charge in [0.2, 0.25) is 0 Å². The summed E-state index contributed by atoms with van der Waals surface area (Å²) in [4.78, 5) is 16.0. The van der Waals surface area contributed by atoms with Gasteiger partial charge in [0.25, 0.3) is 5.91 Å². The highest BCUT2D eigenvalue weighted by molar-refractivity contribution is 6.12. The second-order valence-corrected chi connectivity index (χ2v) is 7.33. The number of aromatic amines is 1. The van der Waals surface area contributed by atoms with Crippen LogP contribution in [0.4, 0.5) is 5.69 Å². The van der Waals surface area contributed by atoms with Crippen LogP contribution in [0.25, 0.3) is 10.9 Å². The molecular weight excluding hydrogens is 350 g/mol. The Morgan fingerprint density at radius 1 is 1.07 bits per heavy atom. The van der Waals surface area contributed by atoms with Gasteiger partial charge < -0.3 is 20.4 Å². The van der Waals surface area contributed by atoms with Crippen LogP contribution in [-0.4, -0.2) is 30.1 Å². The molecule has 1 fully saturated rings. The van der Waals surface area contributed by atoms with Crippen LogP contribution in [0.15, 0.2) is 54.7 Å². The molecule has 0 saturated heterocycles. The van der Waals surface area contributed by atoms with Crippen LogP contribution in [0.1, 0.15) is 42.5 Å². The van der Waals surface area contributed by atoms with Gasteiger partial charge >= 0.3 is 0 Å². The highest BCUT2D eigenvalue weighted by atomic mass is 16.5. The molecule has 0 bridgehead atoms. The minimum absolute atomic E-state index is 0.135. The number of H-pyrrole nitrogens is 1. The van der Waals surface area contributed by atoms with E-state index in [9.17, 15) is 4.79 Å². The van der Waals surface area contributed by atoms with Crippen molar-refractivity contribution in [3.05, 3.63) is 60.3 Å². The first-order valence-electron chi connectivity index (χ1n) is 10.1. The molecule has 1 saturated carbocycles. The van der Waals surface area contributed by atoms with E-state index in [-0.39, 0.29) is 5.91 Å². The van der Waals surface area contributed by atoms with Crippen LogP contribution in [0.5, 0.6) is 5.75 Å². The maximum atomic E-state index is 12.8. The number of carbonyl (C=O) groups is 1. The van der Waals surface area contributed by atoms with Crippen LogP contribution < -0.4 is 15.4 Å². The molecule has 1 aromatic heterocycles. The third-order valence-electron chi connectivity index (χ3n) is 5.34. The zero-order valence-electron chi connectivity index (χ0n) is 16.0. The van der Waals surface area contributed by atoms with E-state index in [4.69, 9.17) is 4.74 Å². The van der Waals surface area contributed by atoms with Gasteiger partial charge in [0, 0.05) is 28.7 Å². The number of rotatable bonds is 8. The number of amides is 1. The Morgan fingerprint density at radius 3 is 2.82 bits per heavy atom. The lowest BCUT2D eigenvalue weighted by atomic mass is 10.1. The summed E-state index contributed by atoms with van der Waals surface area (Å²) in [7, 11) is 0. The summed E-state index contributed by atoms with van der Waals surface area (Å²) in [5.74, 6) is 0.571. The molecule has 3 aromatic rings. The van der Waals surface area contributed by atoms with E-state index in [0.29, 0.717) is 29.6 Å². The number of aromatic nitrogens is 1. The lowest BCUT2D eigenvalue weighted by Gasteiger charge is -2.14. The Bertz CT molecular complexity index is 928. The van der Waals surface area contributed by atoms with Crippen LogP contribution in [0.2, 0.25) is 0 Å². The maximum Gasteiger partial charge on any atom is 0.256 e. The number of benzene rings is 2. The van der Waals surface area contributed by atoms with Crippen molar-refractivity contribution in [1.82, 2.24) is 10.3 Å². The van der Waals surface area contributed by atoms with Gasteiger partial charge in [0.1, 0.15) is 5.75 Å². The average Bonchev–Trinajstić information content (AvgIpc) is 3.40. The van der Waals surface area contributed by atoms with Gasteiger partial charge in [-0.15, -0.1) is 0 Å². The first kappa shape index (κ1) is 18.6. The van der Waals surface area contributed by atoms with Crippen LogP contribution in [-0.2, 0) is 0 Å². The number of ether oxygens (including phenoxy) is 1. The Morgan fingerprint density at radius 2 is 1.93 bits per heavy atom. The summed E-state index contributed by atoms with van der Waals surface area (Å²) in [6.07, 6.45) is 8.07. The van der Waals surface area contributed by atoms with E-state index in [1.165, 1.54) is 25.7 Å². The first-order chi connectivity index (χ1) is 13.8. The third kappa shape index (κ3) is 4.37. The van der Waals surface area contributed by atoms with Gasteiger partial charge in [-0.1, -0.05) is 31.0 Å². The molecule has 5 nitrogen and oxygen atoms in total. The fraction of sp³-hybridized carbons (Fsp3) is 0.348. The Kier molecular flexibility index (Phi) is 5.92. The largest absolute Gasteiger partial charge is 0.491 e. The molecule has 0 unspecified atom stereocenters. The average molecular weight is 377 g/mol. The molecule has 0 aliphatic heterocycles. The molecule has 1 amide bonds. The smallest absolute Gasteiger partial charge is 0.256 e. The zero-order valence-corrected chi connectivity index (χ0v) is 16.0. The van der Waals surface area contributed by atoms with Gasteiger partial charge in [0.05, 0.1) is 12.3 Å². The van der Waals surface area contributed by atoms with Crippen molar-refractivity contribution >= 4 is 22.5 Å². The number of anilines is 1. The number of hydrogen-bond acceptors (Lipinski definition) is 3. The molecule has 1 aliphatic carbocycles. The minimum Gasteiger partial charge on any atom is -0.491 e. The predicted molar refractivity (Wildman–Crippen MR) is 113 cm³/mol. The highest BCUT2D eigenvalue weighted by Crippen LogP contribution is 2.26. The van der Waals surface area contributed by atoms with E-state index in [2.05, 4.69) is 15.6 Å². The molecule has 0 spiro atoms. The van der Waals surface area contributed by atoms with E-state index >= 15 is 0 Å². The molecule has 0 atom stereocenters. The standard InChI is InChI=1S/C23H27N3O2/c27-23(19-9-5-11-20-18(19)13-15-25-20)26-21-10-3-4-12-22(21)28-16-6-14-24-17-7-1-2-8-17/h3-5,9-13,15,17,24-25H,1-2,6-8,14,16H2,(H,26,27). The van der Waals surface area contributed by atoms with Gasteiger partial charge in [-0.05, 0) is 56.1 Å². The van der Waals surface area contributed by atoms with E-state index in [1.807, 2.05) is 54.7 Å². The van der Waals surface area contributed by atoms with Crippen LogP contribution in [0.3, 0.4) is 0 Å². The Labute approximate surface area is 165 Å². The minimum atomic E-state index is -0.135. The van der Waals surface area contributed by atoms with E-state index < -0.39 is 0 Å². The third-order valence-corrected chi connectivity index (χ3v) is 5.34. The van der Waals surface area contributed by atoms with Crippen molar-refractivity contribution in [3.63, 3.8) is 0 Å². The lowest BCUT2D eigenvalue weighted by Crippen LogP contribution is -2.27. The molecule has 2 aromatic carbocycles. The molecular formula is C23H27N3O2. The number of carbonyl (C=O) groups excluding carboxylic acids is 1. The highest BCUT2D eigenvalue weighted by Gasteiger charge is 2.14.